The fraction of sp³-hybridized carbons (Fsp3) is 0.600. The Kier molecular flexibility index (Phi) is 3.85. The van der Waals surface area contributed by atoms with E-state index in [2.05, 4.69) is 5.16 Å². The zero-order valence-corrected chi connectivity index (χ0v) is 9.23. The molecule has 0 bridgehead atoms. The predicted octanol–water partition coefficient (Wildman–Crippen LogP) is 1.28. The number of carboxylic acids is 1. The summed E-state index contributed by atoms with van der Waals surface area (Å²) >= 11 is 0. The van der Waals surface area contributed by atoms with Crippen molar-refractivity contribution in [1.29, 1.82) is 0 Å². The lowest BCUT2D eigenvalue weighted by molar-refractivity contribution is -0.139. The quantitative estimate of drug-likeness (QED) is 0.796. The van der Waals surface area contributed by atoms with Crippen molar-refractivity contribution in [2.75, 3.05) is 6.54 Å². The van der Waals surface area contributed by atoms with E-state index in [0.29, 0.717) is 6.54 Å². The van der Waals surface area contributed by atoms with Gasteiger partial charge in [-0.05, 0) is 20.8 Å². The second kappa shape index (κ2) is 4.93. The lowest BCUT2D eigenvalue weighted by atomic mass is 10.2. The Balaban J connectivity index is 2.62. The lowest BCUT2D eigenvalue weighted by Gasteiger charge is -2.22. The van der Waals surface area contributed by atoms with E-state index in [0.717, 1.165) is 11.5 Å². The van der Waals surface area contributed by atoms with Crippen LogP contribution >= 0.6 is 0 Å². The number of aryl methyl sites for hydroxylation is 1. The molecule has 0 aliphatic carbocycles. The summed E-state index contributed by atoms with van der Waals surface area (Å²) in [5.74, 6) is -0.0899. The van der Waals surface area contributed by atoms with Gasteiger partial charge in [-0.1, -0.05) is 5.16 Å². The third kappa shape index (κ3) is 3.71. The zero-order chi connectivity index (χ0) is 11.4. The SMILES string of the molecule is Cc1cc(CN(CC(=O)O)C(C)C)no1. The highest BCUT2D eigenvalue weighted by atomic mass is 16.5. The Morgan fingerprint density at radius 1 is 1.67 bits per heavy atom. The molecule has 0 fully saturated rings. The van der Waals surface area contributed by atoms with E-state index in [1.807, 2.05) is 31.7 Å². The minimum Gasteiger partial charge on any atom is -0.480 e. The van der Waals surface area contributed by atoms with Crippen molar-refractivity contribution in [2.45, 2.75) is 33.4 Å². The van der Waals surface area contributed by atoms with Crippen LogP contribution in [0.15, 0.2) is 10.6 Å². The number of aromatic nitrogens is 1. The highest BCUT2D eigenvalue weighted by Crippen LogP contribution is 2.08. The van der Waals surface area contributed by atoms with Gasteiger partial charge in [-0.15, -0.1) is 0 Å². The summed E-state index contributed by atoms with van der Waals surface area (Å²) < 4.78 is 4.93. The zero-order valence-electron chi connectivity index (χ0n) is 9.23. The van der Waals surface area contributed by atoms with Crippen molar-refractivity contribution in [2.24, 2.45) is 0 Å². The van der Waals surface area contributed by atoms with Crippen molar-refractivity contribution < 1.29 is 14.4 Å². The van der Waals surface area contributed by atoms with Gasteiger partial charge in [0.25, 0.3) is 0 Å². The summed E-state index contributed by atoms with van der Waals surface area (Å²) in [5, 5.41) is 12.6. The van der Waals surface area contributed by atoms with Crippen LogP contribution in [0.2, 0.25) is 0 Å². The average Bonchev–Trinajstić information content (AvgIpc) is 2.49. The topological polar surface area (TPSA) is 66.6 Å². The number of carbonyl (C=O) groups is 1. The van der Waals surface area contributed by atoms with Gasteiger partial charge in [0, 0.05) is 18.7 Å². The molecule has 0 atom stereocenters. The maximum atomic E-state index is 10.6. The Labute approximate surface area is 88.7 Å². The van der Waals surface area contributed by atoms with Gasteiger partial charge in [0.1, 0.15) is 5.76 Å². The normalized spacial score (nSPS) is 11.3. The number of hydrogen-bond donors (Lipinski definition) is 1. The molecule has 1 rings (SSSR count). The molecular formula is C10H16N2O3. The van der Waals surface area contributed by atoms with Gasteiger partial charge in [0.05, 0.1) is 12.2 Å². The van der Waals surface area contributed by atoms with E-state index < -0.39 is 5.97 Å². The molecule has 5 heteroatoms. The van der Waals surface area contributed by atoms with Crippen molar-refractivity contribution >= 4 is 5.97 Å². The summed E-state index contributed by atoms with van der Waals surface area (Å²) in [4.78, 5) is 12.4. The standard InChI is InChI=1S/C10H16N2O3/c1-7(2)12(6-10(13)14)5-9-4-8(3)15-11-9/h4,7H,5-6H2,1-3H3,(H,13,14). The summed E-state index contributed by atoms with van der Waals surface area (Å²) in [6.45, 7) is 6.24. The monoisotopic (exact) mass is 212 g/mol. The fourth-order valence-corrected chi connectivity index (χ4v) is 1.30. The molecule has 15 heavy (non-hydrogen) atoms. The molecule has 1 heterocycles. The summed E-state index contributed by atoms with van der Waals surface area (Å²) in [6.07, 6.45) is 0. The van der Waals surface area contributed by atoms with Crippen LogP contribution in [-0.2, 0) is 11.3 Å². The molecule has 0 radical (unpaired) electrons. The van der Waals surface area contributed by atoms with Gasteiger partial charge in [-0.2, -0.15) is 0 Å². The first-order valence-corrected chi connectivity index (χ1v) is 4.87. The molecule has 0 aliphatic rings. The van der Waals surface area contributed by atoms with Gasteiger partial charge in [0.2, 0.25) is 0 Å². The molecule has 1 aromatic rings. The third-order valence-electron chi connectivity index (χ3n) is 2.11. The molecule has 84 valence electrons. The van der Waals surface area contributed by atoms with Gasteiger partial charge in [0.15, 0.2) is 0 Å². The molecule has 0 unspecified atom stereocenters. The van der Waals surface area contributed by atoms with Crippen molar-refractivity contribution in [3.63, 3.8) is 0 Å². The van der Waals surface area contributed by atoms with Crippen LogP contribution in [0.5, 0.6) is 0 Å². The van der Waals surface area contributed by atoms with Crippen LogP contribution < -0.4 is 0 Å². The molecule has 0 aliphatic heterocycles. The van der Waals surface area contributed by atoms with Crippen LogP contribution in [-0.4, -0.2) is 33.7 Å². The largest absolute Gasteiger partial charge is 0.480 e. The number of nitrogens with zero attached hydrogens (tertiary/aromatic N) is 2. The van der Waals surface area contributed by atoms with Gasteiger partial charge in [-0.3, -0.25) is 9.69 Å². The van der Waals surface area contributed by atoms with Crippen molar-refractivity contribution in [1.82, 2.24) is 10.1 Å². The minimum atomic E-state index is -0.830. The average molecular weight is 212 g/mol. The van der Waals surface area contributed by atoms with Gasteiger partial charge < -0.3 is 9.63 Å². The Morgan fingerprint density at radius 2 is 2.33 bits per heavy atom. The van der Waals surface area contributed by atoms with Crippen molar-refractivity contribution in [3.05, 3.63) is 17.5 Å². The maximum Gasteiger partial charge on any atom is 0.317 e. The van der Waals surface area contributed by atoms with Gasteiger partial charge in [-0.25, -0.2) is 0 Å². The fourth-order valence-electron chi connectivity index (χ4n) is 1.30. The van der Waals surface area contributed by atoms with Crippen molar-refractivity contribution in [3.8, 4) is 0 Å². The molecule has 1 aromatic heterocycles. The molecule has 0 saturated heterocycles. The van der Waals surface area contributed by atoms with E-state index in [1.165, 1.54) is 0 Å². The van der Waals surface area contributed by atoms with Crippen LogP contribution in [0, 0.1) is 6.92 Å². The second-order valence-corrected chi connectivity index (χ2v) is 3.82. The minimum absolute atomic E-state index is 0.0174. The Morgan fingerprint density at radius 3 is 2.73 bits per heavy atom. The highest BCUT2D eigenvalue weighted by Gasteiger charge is 2.15. The smallest absolute Gasteiger partial charge is 0.317 e. The molecule has 0 spiro atoms. The number of carboxylic acid groups (broad SMARTS) is 1. The van der Waals surface area contributed by atoms with Crippen LogP contribution in [0.25, 0.3) is 0 Å². The third-order valence-corrected chi connectivity index (χ3v) is 2.11. The maximum absolute atomic E-state index is 10.6. The van der Waals surface area contributed by atoms with Crippen LogP contribution in [0.3, 0.4) is 0 Å². The Hall–Kier alpha value is -1.36. The van der Waals surface area contributed by atoms with E-state index in [9.17, 15) is 4.79 Å². The first-order valence-electron chi connectivity index (χ1n) is 4.87. The Bertz CT molecular complexity index is 333. The van der Waals surface area contributed by atoms with E-state index in [-0.39, 0.29) is 12.6 Å². The molecule has 1 N–H and O–H groups in total. The molecule has 0 amide bonds. The summed E-state index contributed by atoms with van der Waals surface area (Å²) in [5.41, 5.74) is 0.766. The van der Waals surface area contributed by atoms with Crippen LogP contribution in [0.4, 0.5) is 0 Å². The first-order chi connectivity index (χ1) is 6.99. The lowest BCUT2D eigenvalue weighted by Crippen LogP contribution is -2.35. The molecule has 0 saturated carbocycles. The second-order valence-electron chi connectivity index (χ2n) is 3.82. The van der Waals surface area contributed by atoms with E-state index in [4.69, 9.17) is 9.63 Å². The molecular weight excluding hydrogens is 196 g/mol. The molecule has 5 nitrogen and oxygen atoms in total. The highest BCUT2D eigenvalue weighted by molar-refractivity contribution is 5.69. The summed E-state index contributed by atoms with van der Waals surface area (Å²) in [6, 6.07) is 1.98. The van der Waals surface area contributed by atoms with Crippen LogP contribution in [0.1, 0.15) is 25.3 Å². The number of rotatable bonds is 5. The molecule has 0 aromatic carbocycles. The van der Waals surface area contributed by atoms with E-state index in [1.54, 1.807) is 0 Å². The van der Waals surface area contributed by atoms with E-state index >= 15 is 0 Å². The first kappa shape index (κ1) is 11.7. The van der Waals surface area contributed by atoms with Gasteiger partial charge >= 0.3 is 5.97 Å². The predicted molar refractivity (Wildman–Crippen MR) is 54.4 cm³/mol. The number of aliphatic carboxylic acids is 1. The summed E-state index contributed by atoms with van der Waals surface area (Å²) in [7, 11) is 0. The number of hydrogen-bond acceptors (Lipinski definition) is 4.